The van der Waals surface area contributed by atoms with Gasteiger partial charge in [0.1, 0.15) is 12.4 Å². The van der Waals surface area contributed by atoms with Gasteiger partial charge in [-0.15, -0.1) is 6.58 Å². The summed E-state index contributed by atoms with van der Waals surface area (Å²) in [5.74, 6) is 1.68. The summed E-state index contributed by atoms with van der Waals surface area (Å²) in [7, 11) is 0. The normalized spacial score (nSPS) is 15.6. The molecule has 1 aliphatic heterocycles. The Morgan fingerprint density at radius 2 is 2.12 bits per heavy atom. The molecule has 0 unspecified atom stereocenters. The molecular weight excluding hydrogens is 316 g/mol. The van der Waals surface area contributed by atoms with Crippen LogP contribution in [-0.2, 0) is 11.3 Å². The quantitative estimate of drug-likeness (QED) is 0.404. The Kier molecular flexibility index (Phi) is 8.86. The number of nitrogens with one attached hydrogen (secondary N) is 2. The average Bonchev–Trinajstić information content (AvgIpc) is 2.66. The van der Waals surface area contributed by atoms with E-state index in [2.05, 4.69) is 33.2 Å². The predicted octanol–water partition coefficient (Wildman–Crippen LogP) is 1.64. The fraction of sp³-hybridized carbons (Fsp3) is 0.526. The molecule has 0 saturated carbocycles. The highest BCUT2D eigenvalue weighted by molar-refractivity contribution is 5.79. The number of guanidine groups is 1. The molecule has 1 aromatic carbocycles. The molecule has 138 valence electrons. The van der Waals surface area contributed by atoms with E-state index in [-0.39, 0.29) is 0 Å². The summed E-state index contributed by atoms with van der Waals surface area (Å²) in [6.07, 6.45) is 1.82. The van der Waals surface area contributed by atoms with E-state index in [1.54, 1.807) is 0 Å². The maximum absolute atomic E-state index is 6.00. The number of para-hydroxylation sites is 1. The smallest absolute Gasteiger partial charge is 0.191 e. The van der Waals surface area contributed by atoms with E-state index in [1.807, 2.05) is 31.2 Å². The second-order valence-electron chi connectivity index (χ2n) is 5.77. The van der Waals surface area contributed by atoms with Gasteiger partial charge in [0.2, 0.25) is 0 Å². The highest BCUT2D eigenvalue weighted by Crippen LogP contribution is 2.19. The summed E-state index contributed by atoms with van der Waals surface area (Å²) in [4.78, 5) is 6.99. The summed E-state index contributed by atoms with van der Waals surface area (Å²) >= 11 is 0. The second kappa shape index (κ2) is 11.5. The van der Waals surface area contributed by atoms with Crippen LogP contribution in [0, 0.1) is 0 Å². The molecule has 2 rings (SSSR count). The lowest BCUT2D eigenvalue weighted by Gasteiger charge is -2.26. The van der Waals surface area contributed by atoms with Crippen LogP contribution in [0.3, 0.4) is 0 Å². The van der Waals surface area contributed by atoms with Gasteiger partial charge in [-0.05, 0) is 13.0 Å². The molecule has 25 heavy (non-hydrogen) atoms. The minimum absolute atomic E-state index is 0.570. The van der Waals surface area contributed by atoms with Crippen molar-refractivity contribution in [1.82, 2.24) is 15.5 Å². The fourth-order valence-electron chi connectivity index (χ4n) is 2.56. The third-order valence-electron chi connectivity index (χ3n) is 3.91. The molecule has 6 nitrogen and oxygen atoms in total. The van der Waals surface area contributed by atoms with Crippen molar-refractivity contribution in [2.45, 2.75) is 13.5 Å². The monoisotopic (exact) mass is 346 g/mol. The first-order valence-corrected chi connectivity index (χ1v) is 8.97. The predicted molar refractivity (Wildman–Crippen MR) is 102 cm³/mol. The van der Waals surface area contributed by atoms with Crippen LogP contribution in [0.1, 0.15) is 12.5 Å². The lowest BCUT2D eigenvalue weighted by Crippen LogP contribution is -2.38. The molecule has 1 aromatic rings. The van der Waals surface area contributed by atoms with Crippen molar-refractivity contribution in [2.75, 3.05) is 52.5 Å². The van der Waals surface area contributed by atoms with E-state index < -0.39 is 0 Å². The van der Waals surface area contributed by atoms with Gasteiger partial charge in [-0.2, -0.15) is 0 Å². The van der Waals surface area contributed by atoms with Gasteiger partial charge in [0.25, 0.3) is 0 Å². The zero-order valence-corrected chi connectivity index (χ0v) is 15.2. The zero-order chi connectivity index (χ0) is 17.7. The van der Waals surface area contributed by atoms with Crippen LogP contribution in [0.25, 0.3) is 0 Å². The molecule has 0 bridgehead atoms. The fourth-order valence-corrected chi connectivity index (χ4v) is 2.56. The number of rotatable bonds is 9. The molecule has 6 heteroatoms. The van der Waals surface area contributed by atoms with Crippen LogP contribution < -0.4 is 15.4 Å². The van der Waals surface area contributed by atoms with Crippen molar-refractivity contribution >= 4 is 5.96 Å². The number of aliphatic imine (C=N–C) groups is 1. The zero-order valence-electron chi connectivity index (χ0n) is 15.2. The number of morpholine rings is 1. The van der Waals surface area contributed by atoms with Crippen LogP contribution in [0.4, 0.5) is 0 Å². The van der Waals surface area contributed by atoms with E-state index in [0.29, 0.717) is 19.7 Å². The van der Waals surface area contributed by atoms with Gasteiger partial charge < -0.3 is 20.1 Å². The minimum Gasteiger partial charge on any atom is -0.492 e. The first-order valence-electron chi connectivity index (χ1n) is 8.97. The molecule has 1 saturated heterocycles. The second-order valence-corrected chi connectivity index (χ2v) is 5.77. The number of hydrogen-bond acceptors (Lipinski definition) is 4. The largest absolute Gasteiger partial charge is 0.492 e. The summed E-state index contributed by atoms with van der Waals surface area (Å²) in [6.45, 7) is 13.0. The molecular formula is C19H30N4O2. The molecule has 0 atom stereocenters. The van der Waals surface area contributed by atoms with Crippen LogP contribution in [0.5, 0.6) is 5.75 Å². The molecule has 0 radical (unpaired) electrons. The highest BCUT2D eigenvalue weighted by atomic mass is 16.5. The van der Waals surface area contributed by atoms with E-state index in [0.717, 1.165) is 56.7 Å². The minimum atomic E-state index is 0.570. The van der Waals surface area contributed by atoms with Gasteiger partial charge in [-0.1, -0.05) is 24.3 Å². The lowest BCUT2D eigenvalue weighted by molar-refractivity contribution is 0.0322. The van der Waals surface area contributed by atoms with E-state index in [9.17, 15) is 0 Å². The number of nitrogens with zero attached hydrogens (tertiary/aromatic N) is 2. The van der Waals surface area contributed by atoms with Gasteiger partial charge in [0.05, 0.1) is 19.8 Å². The Morgan fingerprint density at radius 3 is 2.88 bits per heavy atom. The Balaban J connectivity index is 1.88. The molecule has 0 spiro atoms. The number of benzene rings is 1. The van der Waals surface area contributed by atoms with Crippen molar-refractivity contribution in [1.29, 1.82) is 0 Å². The number of ether oxygens (including phenoxy) is 2. The summed E-state index contributed by atoms with van der Waals surface area (Å²) < 4.78 is 11.4. The van der Waals surface area contributed by atoms with E-state index in [1.165, 1.54) is 0 Å². The topological polar surface area (TPSA) is 58.1 Å². The third-order valence-corrected chi connectivity index (χ3v) is 3.91. The Bertz CT molecular complexity index is 542. The van der Waals surface area contributed by atoms with Crippen molar-refractivity contribution < 1.29 is 9.47 Å². The standard InChI is InChI=1S/C19H30N4O2/c1-3-9-21-19(20-4-2)22-16-17-7-5-6-8-18(17)25-15-12-23-10-13-24-14-11-23/h3,5-8H,1,4,9-16H2,2H3,(H2,20,21,22). The van der Waals surface area contributed by atoms with Gasteiger partial charge in [0, 0.05) is 38.3 Å². The molecule has 0 aliphatic carbocycles. The summed E-state index contributed by atoms with van der Waals surface area (Å²) in [5.41, 5.74) is 1.08. The van der Waals surface area contributed by atoms with E-state index in [4.69, 9.17) is 9.47 Å². The van der Waals surface area contributed by atoms with E-state index >= 15 is 0 Å². The molecule has 0 aromatic heterocycles. The summed E-state index contributed by atoms with van der Waals surface area (Å²) in [6, 6.07) is 8.08. The average molecular weight is 346 g/mol. The van der Waals surface area contributed by atoms with Crippen molar-refractivity contribution in [3.63, 3.8) is 0 Å². The Morgan fingerprint density at radius 1 is 1.32 bits per heavy atom. The van der Waals surface area contributed by atoms with Gasteiger partial charge >= 0.3 is 0 Å². The van der Waals surface area contributed by atoms with Crippen molar-refractivity contribution in [3.8, 4) is 5.75 Å². The van der Waals surface area contributed by atoms with Crippen LogP contribution in [0.15, 0.2) is 41.9 Å². The van der Waals surface area contributed by atoms with Crippen molar-refractivity contribution in [3.05, 3.63) is 42.5 Å². The van der Waals surface area contributed by atoms with Crippen molar-refractivity contribution in [2.24, 2.45) is 4.99 Å². The molecule has 1 fully saturated rings. The first kappa shape index (κ1) is 19.3. The highest BCUT2D eigenvalue weighted by Gasteiger charge is 2.10. The van der Waals surface area contributed by atoms with Gasteiger partial charge in [0.15, 0.2) is 5.96 Å². The SMILES string of the molecule is C=CCNC(=NCc1ccccc1OCCN1CCOCC1)NCC. The van der Waals surface area contributed by atoms with Crippen LogP contribution >= 0.6 is 0 Å². The van der Waals surface area contributed by atoms with Gasteiger partial charge in [-0.25, -0.2) is 4.99 Å². The lowest BCUT2D eigenvalue weighted by atomic mass is 10.2. The summed E-state index contributed by atoms with van der Waals surface area (Å²) in [5, 5.41) is 6.43. The molecule has 2 N–H and O–H groups in total. The Hall–Kier alpha value is -2.05. The maximum Gasteiger partial charge on any atom is 0.191 e. The number of hydrogen-bond donors (Lipinski definition) is 2. The van der Waals surface area contributed by atoms with Crippen LogP contribution in [0.2, 0.25) is 0 Å². The first-order chi connectivity index (χ1) is 12.3. The molecule has 1 aliphatic rings. The van der Waals surface area contributed by atoms with Crippen LogP contribution in [-0.4, -0.2) is 63.4 Å². The van der Waals surface area contributed by atoms with Gasteiger partial charge in [-0.3, -0.25) is 4.90 Å². The third kappa shape index (κ3) is 7.15. The molecule has 1 heterocycles. The molecule has 0 amide bonds. The Labute approximate surface area is 150 Å². The maximum atomic E-state index is 6.00.